The van der Waals surface area contributed by atoms with Crippen molar-refractivity contribution in [1.82, 2.24) is 10.3 Å². The monoisotopic (exact) mass is 256 g/mol. The Labute approximate surface area is 109 Å². The molecule has 3 nitrogen and oxygen atoms in total. The Kier molecular flexibility index (Phi) is 6.70. The molecule has 0 radical (unpaired) electrons. The van der Waals surface area contributed by atoms with Gasteiger partial charge in [-0.05, 0) is 18.3 Å². The van der Waals surface area contributed by atoms with E-state index in [1.807, 2.05) is 11.7 Å². The van der Waals surface area contributed by atoms with Crippen LogP contribution >= 0.6 is 11.3 Å². The number of hydrogen-bond donors (Lipinski definition) is 1. The first-order chi connectivity index (χ1) is 8.20. The molecule has 0 amide bonds. The van der Waals surface area contributed by atoms with Crippen LogP contribution in [0.3, 0.4) is 0 Å². The molecule has 0 aromatic carbocycles. The number of hydrogen-bond acceptors (Lipinski definition) is 4. The number of methoxy groups -OCH3 is 1. The zero-order valence-electron chi connectivity index (χ0n) is 11.2. The highest BCUT2D eigenvalue weighted by atomic mass is 32.1. The molecule has 1 heterocycles. The molecular weight excluding hydrogens is 232 g/mol. The van der Waals surface area contributed by atoms with Crippen LogP contribution in [0.2, 0.25) is 0 Å². The SMILES string of the molecule is CCCC(C)(CNCCOC)Cc1cncs1. The van der Waals surface area contributed by atoms with Crippen LogP contribution < -0.4 is 5.32 Å². The largest absolute Gasteiger partial charge is 0.383 e. The molecule has 1 unspecified atom stereocenters. The van der Waals surface area contributed by atoms with Gasteiger partial charge < -0.3 is 10.1 Å². The van der Waals surface area contributed by atoms with Crippen LogP contribution in [0.5, 0.6) is 0 Å². The van der Waals surface area contributed by atoms with Gasteiger partial charge in [-0.25, -0.2) is 0 Å². The third-order valence-corrected chi connectivity index (χ3v) is 3.75. The molecule has 0 spiro atoms. The zero-order valence-corrected chi connectivity index (χ0v) is 12.0. The molecule has 0 saturated heterocycles. The van der Waals surface area contributed by atoms with Gasteiger partial charge in [0.2, 0.25) is 0 Å². The van der Waals surface area contributed by atoms with Crippen molar-refractivity contribution < 1.29 is 4.74 Å². The highest BCUT2D eigenvalue weighted by Gasteiger charge is 2.23. The zero-order chi connectivity index (χ0) is 12.6. The summed E-state index contributed by atoms with van der Waals surface area (Å²) in [6.07, 6.45) is 5.57. The van der Waals surface area contributed by atoms with E-state index in [4.69, 9.17) is 4.74 Å². The summed E-state index contributed by atoms with van der Waals surface area (Å²) in [6.45, 7) is 7.36. The maximum absolute atomic E-state index is 5.05. The van der Waals surface area contributed by atoms with Gasteiger partial charge in [0.05, 0.1) is 12.1 Å². The van der Waals surface area contributed by atoms with Gasteiger partial charge in [0.15, 0.2) is 0 Å². The quantitative estimate of drug-likeness (QED) is 0.690. The molecule has 1 atom stereocenters. The van der Waals surface area contributed by atoms with Gasteiger partial charge in [0.1, 0.15) is 0 Å². The molecule has 0 bridgehead atoms. The molecule has 4 heteroatoms. The van der Waals surface area contributed by atoms with Gasteiger partial charge in [0, 0.05) is 31.3 Å². The molecule has 1 aromatic rings. The van der Waals surface area contributed by atoms with Crippen LogP contribution in [0.4, 0.5) is 0 Å². The van der Waals surface area contributed by atoms with Gasteiger partial charge in [0.25, 0.3) is 0 Å². The third-order valence-electron chi connectivity index (χ3n) is 2.97. The van der Waals surface area contributed by atoms with Crippen molar-refractivity contribution in [3.05, 3.63) is 16.6 Å². The standard InChI is InChI=1S/C13H24N2OS/c1-4-5-13(2,10-14-6-7-16-3)8-12-9-15-11-17-12/h9,11,14H,4-8,10H2,1-3H3. The lowest BCUT2D eigenvalue weighted by Crippen LogP contribution is -2.35. The molecule has 0 aliphatic carbocycles. The topological polar surface area (TPSA) is 34.1 Å². The average Bonchev–Trinajstić information content (AvgIpc) is 2.77. The molecule has 17 heavy (non-hydrogen) atoms. The second-order valence-corrected chi connectivity index (χ2v) is 5.85. The fourth-order valence-electron chi connectivity index (χ4n) is 2.16. The molecule has 0 aliphatic rings. The summed E-state index contributed by atoms with van der Waals surface area (Å²) < 4.78 is 5.05. The Hall–Kier alpha value is -0.450. The molecule has 98 valence electrons. The summed E-state index contributed by atoms with van der Waals surface area (Å²) in [5.74, 6) is 0. The Balaban J connectivity index is 2.43. The van der Waals surface area contributed by atoms with Crippen LogP contribution in [0, 0.1) is 5.41 Å². The lowest BCUT2D eigenvalue weighted by atomic mass is 9.82. The van der Waals surface area contributed by atoms with Crippen LogP contribution in [-0.4, -0.2) is 31.8 Å². The number of nitrogens with one attached hydrogen (secondary N) is 1. The van der Waals surface area contributed by atoms with E-state index in [9.17, 15) is 0 Å². The summed E-state index contributed by atoms with van der Waals surface area (Å²) in [7, 11) is 1.74. The predicted octanol–water partition coefficient (Wildman–Crippen LogP) is 2.73. The first-order valence-electron chi connectivity index (χ1n) is 6.27. The van der Waals surface area contributed by atoms with E-state index < -0.39 is 0 Å². The molecule has 1 rings (SSSR count). The van der Waals surface area contributed by atoms with Crippen LogP contribution in [0.1, 0.15) is 31.6 Å². The average molecular weight is 256 g/mol. The number of ether oxygens (including phenoxy) is 1. The first kappa shape index (κ1) is 14.6. The van der Waals surface area contributed by atoms with E-state index in [0.29, 0.717) is 5.41 Å². The highest BCUT2D eigenvalue weighted by molar-refractivity contribution is 7.09. The molecule has 1 N–H and O–H groups in total. The van der Waals surface area contributed by atoms with Gasteiger partial charge in [-0.1, -0.05) is 20.3 Å². The number of rotatable bonds is 9. The minimum Gasteiger partial charge on any atom is -0.383 e. The summed E-state index contributed by atoms with van der Waals surface area (Å²) in [4.78, 5) is 5.54. The summed E-state index contributed by atoms with van der Waals surface area (Å²) in [6, 6.07) is 0. The summed E-state index contributed by atoms with van der Waals surface area (Å²) in [5, 5.41) is 3.48. The first-order valence-corrected chi connectivity index (χ1v) is 7.15. The third kappa shape index (κ3) is 5.61. The summed E-state index contributed by atoms with van der Waals surface area (Å²) >= 11 is 1.76. The van der Waals surface area contributed by atoms with Crippen molar-refractivity contribution in [3.63, 3.8) is 0 Å². The smallest absolute Gasteiger partial charge is 0.0794 e. The molecule has 1 aromatic heterocycles. The second kappa shape index (κ2) is 7.80. The van der Waals surface area contributed by atoms with Gasteiger partial charge in [-0.2, -0.15) is 0 Å². The van der Waals surface area contributed by atoms with Crippen LogP contribution in [-0.2, 0) is 11.2 Å². The van der Waals surface area contributed by atoms with E-state index in [2.05, 4.69) is 24.1 Å². The van der Waals surface area contributed by atoms with Crippen LogP contribution in [0.15, 0.2) is 11.7 Å². The van der Waals surface area contributed by atoms with Gasteiger partial charge in [-0.3, -0.25) is 4.98 Å². The van der Waals surface area contributed by atoms with E-state index in [1.165, 1.54) is 17.7 Å². The van der Waals surface area contributed by atoms with Gasteiger partial charge in [-0.15, -0.1) is 11.3 Å². The second-order valence-electron chi connectivity index (χ2n) is 4.87. The maximum Gasteiger partial charge on any atom is 0.0794 e. The Morgan fingerprint density at radius 2 is 2.35 bits per heavy atom. The number of thiazole rings is 1. The van der Waals surface area contributed by atoms with Crippen molar-refractivity contribution in [1.29, 1.82) is 0 Å². The minimum atomic E-state index is 0.328. The molecular formula is C13H24N2OS. The predicted molar refractivity (Wildman–Crippen MR) is 73.6 cm³/mol. The van der Waals surface area contributed by atoms with Crippen LogP contribution in [0.25, 0.3) is 0 Å². The van der Waals surface area contributed by atoms with Crippen molar-refractivity contribution in [2.75, 3.05) is 26.8 Å². The number of nitrogens with zero attached hydrogens (tertiary/aromatic N) is 1. The lowest BCUT2D eigenvalue weighted by Gasteiger charge is -2.29. The van der Waals surface area contributed by atoms with E-state index in [-0.39, 0.29) is 0 Å². The minimum absolute atomic E-state index is 0.328. The van der Waals surface area contributed by atoms with E-state index in [1.54, 1.807) is 18.4 Å². The van der Waals surface area contributed by atoms with Crippen molar-refractivity contribution in [3.8, 4) is 0 Å². The van der Waals surface area contributed by atoms with E-state index >= 15 is 0 Å². The highest BCUT2D eigenvalue weighted by Crippen LogP contribution is 2.28. The molecule has 0 saturated carbocycles. The van der Waals surface area contributed by atoms with Gasteiger partial charge >= 0.3 is 0 Å². The number of aromatic nitrogens is 1. The summed E-state index contributed by atoms with van der Waals surface area (Å²) in [5.41, 5.74) is 2.25. The molecule has 0 aliphatic heterocycles. The van der Waals surface area contributed by atoms with E-state index in [0.717, 1.165) is 26.1 Å². The Morgan fingerprint density at radius 3 is 2.94 bits per heavy atom. The molecule has 0 fully saturated rings. The lowest BCUT2D eigenvalue weighted by molar-refractivity contribution is 0.190. The van der Waals surface area contributed by atoms with Crippen molar-refractivity contribution in [2.24, 2.45) is 5.41 Å². The fraction of sp³-hybridized carbons (Fsp3) is 0.769. The maximum atomic E-state index is 5.05. The normalized spacial score (nSPS) is 14.8. The van der Waals surface area contributed by atoms with Crippen molar-refractivity contribution >= 4 is 11.3 Å². The fourth-order valence-corrected chi connectivity index (χ4v) is 2.97. The Bertz CT molecular complexity index is 290. The Morgan fingerprint density at radius 1 is 1.53 bits per heavy atom. The van der Waals surface area contributed by atoms with Crippen molar-refractivity contribution in [2.45, 2.75) is 33.1 Å².